The fourth-order valence-corrected chi connectivity index (χ4v) is 2.84. The molecular weight excluding hydrogens is 250 g/mol. The third-order valence-electron chi connectivity index (χ3n) is 4.20. The summed E-state index contributed by atoms with van der Waals surface area (Å²) in [4.78, 5) is 5.07. The molecule has 0 radical (unpaired) electrons. The van der Waals surface area contributed by atoms with Gasteiger partial charge in [-0.15, -0.1) is 0 Å². The summed E-state index contributed by atoms with van der Waals surface area (Å²) < 4.78 is 5.72. The molecule has 4 nitrogen and oxygen atoms in total. The van der Waals surface area contributed by atoms with E-state index in [1.807, 2.05) is 6.07 Å². The van der Waals surface area contributed by atoms with E-state index < -0.39 is 0 Å². The van der Waals surface area contributed by atoms with Crippen LogP contribution < -0.4 is 15.4 Å². The van der Waals surface area contributed by atoms with Gasteiger partial charge in [0.05, 0.1) is 12.3 Å². The number of hydrogen-bond acceptors (Lipinski definition) is 4. The van der Waals surface area contributed by atoms with Gasteiger partial charge >= 0.3 is 0 Å². The molecule has 1 aromatic carbocycles. The number of benzene rings is 1. The highest BCUT2D eigenvalue weighted by Crippen LogP contribution is 2.31. The maximum Gasteiger partial charge on any atom is 0.144 e. The fraction of sp³-hybridized carbons (Fsp3) is 0.625. The summed E-state index contributed by atoms with van der Waals surface area (Å²) >= 11 is 0. The summed E-state index contributed by atoms with van der Waals surface area (Å²) in [5, 5.41) is 0. The molecule has 3 rings (SSSR count). The predicted molar refractivity (Wildman–Crippen MR) is 83.4 cm³/mol. The summed E-state index contributed by atoms with van der Waals surface area (Å²) in [6.07, 6.45) is 3.80. The van der Waals surface area contributed by atoms with E-state index in [9.17, 15) is 0 Å². The first-order valence-corrected chi connectivity index (χ1v) is 7.79. The summed E-state index contributed by atoms with van der Waals surface area (Å²) in [7, 11) is 0. The van der Waals surface area contributed by atoms with Gasteiger partial charge in [-0.3, -0.25) is 4.90 Å². The molecular formula is C16H25N3O. The van der Waals surface area contributed by atoms with Crippen LogP contribution in [0.5, 0.6) is 5.75 Å². The molecule has 2 fully saturated rings. The van der Waals surface area contributed by atoms with Crippen molar-refractivity contribution in [2.24, 2.45) is 0 Å². The van der Waals surface area contributed by atoms with E-state index in [1.165, 1.54) is 31.6 Å². The Hall–Kier alpha value is -1.42. The largest absolute Gasteiger partial charge is 0.491 e. The van der Waals surface area contributed by atoms with Crippen molar-refractivity contribution < 1.29 is 4.74 Å². The van der Waals surface area contributed by atoms with Crippen LogP contribution in [0.4, 0.5) is 11.4 Å². The quantitative estimate of drug-likeness (QED) is 0.838. The lowest BCUT2D eigenvalue weighted by molar-refractivity contribution is 0.248. The molecule has 20 heavy (non-hydrogen) atoms. The first kappa shape index (κ1) is 13.6. The number of ether oxygens (including phenoxy) is 1. The zero-order chi connectivity index (χ0) is 13.9. The van der Waals surface area contributed by atoms with E-state index in [-0.39, 0.29) is 0 Å². The Morgan fingerprint density at radius 2 is 1.95 bits per heavy atom. The zero-order valence-electron chi connectivity index (χ0n) is 12.3. The van der Waals surface area contributed by atoms with Crippen LogP contribution in [0.2, 0.25) is 0 Å². The summed E-state index contributed by atoms with van der Waals surface area (Å²) in [5.41, 5.74) is 7.95. The molecule has 0 aromatic heterocycles. The van der Waals surface area contributed by atoms with Crippen molar-refractivity contribution in [3.63, 3.8) is 0 Å². The molecule has 1 saturated heterocycles. The van der Waals surface area contributed by atoms with Gasteiger partial charge < -0.3 is 15.4 Å². The number of anilines is 2. The van der Waals surface area contributed by atoms with Crippen LogP contribution in [0.15, 0.2) is 18.2 Å². The molecule has 1 aliphatic heterocycles. The molecule has 1 heterocycles. The number of hydrogen-bond donors (Lipinski definition) is 1. The first-order chi connectivity index (χ1) is 9.78. The highest BCUT2D eigenvalue weighted by atomic mass is 16.5. The Balaban J connectivity index is 1.64. The van der Waals surface area contributed by atoms with Crippen molar-refractivity contribution in [2.45, 2.75) is 32.2 Å². The summed E-state index contributed by atoms with van der Waals surface area (Å²) in [6, 6.07) is 7.05. The van der Waals surface area contributed by atoms with E-state index in [1.54, 1.807) is 0 Å². The third-order valence-corrected chi connectivity index (χ3v) is 4.20. The first-order valence-electron chi connectivity index (χ1n) is 7.79. The maximum absolute atomic E-state index is 5.98. The van der Waals surface area contributed by atoms with Gasteiger partial charge in [-0.25, -0.2) is 0 Å². The number of nitrogens with two attached hydrogens (primary N) is 1. The minimum Gasteiger partial charge on any atom is -0.491 e. The van der Waals surface area contributed by atoms with Crippen molar-refractivity contribution in [1.82, 2.24) is 4.90 Å². The van der Waals surface area contributed by atoms with Gasteiger partial charge in [0.25, 0.3) is 0 Å². The average Bonchev–Trinajstić information content (AvgIpc) is 3.31. The zero-order valence-corrected chi connectivity index (χ0v) is 12.3. The average molecular weight is 275 g/mol. The topological polar surface area (TPSA) is 41.7 Å². The van der Waals surface area contributed by atoms with Crippen LogP contribution in [0.3, 0.4) is 0 Å². The molecule has 0 spiro atoms. The van der Waals surface area contributed by atoms with E-state index in [0.717, 1.165) is 43.6 Å². The van der Waals surface area contributed by atoms with Crippen LogP contribution in [0.1, 0.15) is 26.2 Å². The molecule has 1 saturated carbocycles. The van der Waals surface area contributed by atoms with Gasteiger partial charge in [0.2, 0.25) is 0 Å². The standard InChI is InChI=1S/C16H25N3O/c1-2-11-20-16-12-14(5-6-15(16)17)19-9-7-18(8-10-19)13-3-4-13/h5-6,12-13H,2-4,7-11,17H2,1H3. The number of rotatable bonds is 5. The number of piperazine rings is 1. The summed E-state index contributed by atoms with van der Waals surface area (Å²) in [6.45, 7) is 7.40. The van der Waals surface area contributed by atoms with Gasteiger partial charge in [-0.1, -0.05) is 6.92 Å². The molecule has 0 amide bonds. The van der Waals surface area contributed by atoms with Gasteiger partial charge in [-0.05, 0) is 31.4 Å². The molecule has 4 heteroatoms. The van der Waals surface area contributed by atoms with Crippen molar-refractivity contribution >= 4 is 11.4 Å². The van der Waals surface area contributed by atoms with Gasteiger partial charge in [0, 0.05) is 44.0 Å². The molecule has 1 aliphatic carbocycles. The molecule has 0 bridgehead atoms. The molecule has 0 atom stereocenters. The fourth-order valence-electron chi connectivity index (χ4n) is 2.84. The lowest BCUT2D eigenvalue weighted by Gasteiger charge is -2.36. The molecule has 2 N–H and O–H groups in total. The van der Waals surface area contributed by atoms with E-state index in [4.69, 9.17) is 10.5 Å². The minimum absolute atomic E-state index is 0.725. The van der Waals surface area contributed by atoms with Crippen LogP contribution in [0.25, 0.3) is 0 Å². The van der Waals surface area contributed by atoms with Crippen molar-refractivity contribution in [3.05, 3.63) is 18.2 Å². The number of nitrogens with zero attached hydrogens (tertiary/aromatic N) is 2. The monoisotopic (exact) mass is 275 g/mol. The van der Waals surface area contributed by atoms with Crippen molar-refractivity contribution in [2.75, 3.05) is 43.4 Å². The second-order valence-corrected chi connectivity index (χ2v) is 5.82. The molecule has 2 aliphatic rings. The Morgan fingerprint density at radius 1 is 1.20 bits per heavy atom. The number of nitrogen functional groups attached to an aromatic ring is 1. The van der Waals surface area contributed by atoms with E-state index in [2.05, 4.69) is 28.9 Å². The van der Waals surface area contributed by atoms with Crippen LogP contribution in [-0.2, 0) is 0 Å². The van der Waals surface area contributed by atoms with Crippen molar-refractivity contribution in [3.8, 4) is 5.75 Å². The van der Waals surface area contributed by atoms with E-state index in [0.29, 0.717) is 0 Å². The summed E-state index contributed by atoms with van der Waals surface area (Å²) in [5.74, 6) is 0.828. The second kappa shape index (κ2) is 5.92. The predicted octanol–water partition coefficient (Wildman–Crippen LogP) is 2.34. The minimum atomic E-state index is 0.725. The Kier molecular flexibility index (Phi) is 4.01. The van der Waals surface area contributed by atoms with Gasteiger partial charge in [0.1, 0.15) is 5.75 Å². The lowest BCUT2D eigenvalue weighted by atomic mass is 10.2. The Bertz CT molecular complexity index is 451. The second-order valence-electron chi connectivity index (χ2n) is 5.82. The highest BCUT2D eigenvalue weighted by molar-refractivity contribution is 5.62. The van der Waals surface area contributed by atoms with Crippen LogP contribution in [0, 0.1) is 0 Å². The van der Waals surface area contributed by atoms with Gasteiger partial charge in [0.15, 0.2) is 0 Å². The normalized spacial score (nSPS) is 20.1. The van der Waals surface area contributed by atoms with Gasteiger partial charge in [-0.2, -0.15) is 0 Å². The Labute approximate surface area is 121 Å². The smallest absolute Gasteiger partial charge is 0.144 e. The SMILES string of the molecule is CCCOc1cc(N2CCN(C3CC3)CC2)ccc1N. The van der Waals surface area contributed by atoms with Crippen molar-refractivity contribution in [1.29, 1.82) is 0 Å². The molecule has 110 valence electrons. The van der Waals surface area contributed by atoms with Crippen LogP contribution in [-0.4, -0.2) is 43.7 Å². The van der Waals surface area contributed by atoms with E-state index >= 15 is 0 Å². The maximum atomic E-state index is 5.98. The molecule has 1 aromatic rings. The van der Waals surface area contributed by atoms with Crippen LogP contribution >= 0.6 is 0 Å². The lowest BCUT2D eigenvalue weighted by Crippen LogP contribution is -2.47. The molecule has 0 unspecified atom stereocenters. The third kappa shape index (κ3) is 3.01. The Morgan fingerprint density at radius 3 is 2.60 bits per heavy atom. The highest BCUT2D eigenvalue weighted by Gasteiger charge is 2.31.